The molecule has 0 bridgehead atoms. The van der Waals surface area contributed by atoms with E-state index in [1.54, 1.807) is 12.1 Å². The number of alkyl halides is 1. The third-order valence-corrected chi connectivity index (χ3v) is 4.77. The van der Waals surface area contributed by atoms with Crippen LogP contribution in [0.1, 0.15) is 35.5 Å². The number of nitrogens with zero attached hydrogens (tertiary/aromatic N) is 3. The zero-order chi connectivity index (χ0) is 19.4. The lowest BCUT2D eigenvalue weighted by Gasteiger charge is -2.08. The summed E-state index contributed by atoms with van der Waals surface area (Å²) in [6.07, 6.45) is 1.35. The maximum absolute atomic E-state index is 13.6. The number of H-pyrrole nitrogens is 1. The molecule has 0 radical (unpaired) electrons. The number of hydrogen-bond acceptors (Lipinski definition) is 5. The quantitative estimate of drug-likeness (QED) is 0.355. The van der Waals surface area contributed by atoms with Gasteiger partial charge in [-0.15, -0.1) is 0 Å². The minimum Gasteiger partial charge on any atom is -0.367 e. The summed E-state index contributed by atoms with van der Waals surface area (Å²) in [6, 6.07) is 4.83. The number of fused-ring (bicyclic) bond motifs is 1. The molecule has 0 fully saturated rings. The van der Waals surface area contributed by atoms with Crippen molar-refractivity contribution in [2.75, 3.05) is 11.9 Å². The Morgan fingerprint density at radius 2 is 2.15 bits per heavy atom. The van der Waals surface area contributed by atoms with Crippen LogP contribution in [-0.2, 0) is 11.0 Å². The second-order valence-electron chi connectivity index (χ2n) is 6.53. The summed E-state index contributed by atoms with van der Waals surface area (Å²) in [6.45, 7) is 5.21. The first-order valence-electron chi connectivity index (χ1n) is 8.54. The normalized spacial score (nSPS) is 11.1. The highest BCUT2D eigenvalue weighted by Gasteiger charge is 2.17. The lowest BCUT2D eigenvalue weighted by Crippen LogP contribution is -2.24. The Labute approximate surface area is 169 Å². The van der Waals surface area contributed by atoms with Crippen LogP contribution in [0.4, 0.5) is 10.2 Å². The molecule has 2 heterocycles. The number of amides is 1. The predicted octanol–water partition coefficient (Wildman–Crippen LogP) is 3.42. The van der Waals surface area contributed by atoms with E-state index in [1.807, 2.05) is 0 Å². The molecule has 0 aliphatic rings. The Kier molecular flexibility index (Phi) is 6.19. The molecule has 9 heteroatoms. The van der Waals surface area contributed by atoms with Gasteiger partial charge in [-0.1, -0.05) is 48.6 Å². The van der Waals surface area contributed by atoms with Crippen molar-refractivity contribution in [3.63, 3.8) is 0 Å². The van der Waals surface area contributed by atoms with Gasteiger partial charge < -0.3 is 10.6 Å². The Morgan fingerprint density at radius 1 is 1.33 bits per heavy atom. The van der Waals surface area contributed by atoms with Crippen LogP contribution in [0, 0.1) is 11.7 Å². The van der Waals surface area contributed by atoms with E-state index in [2.05, 4.69) is 67.2 Å². The standard InChI is InChI=1S/C18H20FIN6O/c1-10(2)7-21-17-15-14(25-26-17)16(24-9-23-15)18(27)22-8-11-3-4-13(19)12(5-11)6-20/h3-5,9-10H,6-8H2,1-2H3,(H,22,27)(H2,21,25,26). The second-order valence-corrected chi connectivity index (χ2v) is 7.30. The van der Waals surface area contributed by atoms with Gasteiger partial charge in [-0.25, -0.2) is 14.4 Å². The van der Waals surface area contributed by atoms with Crippen LogP contribution < -0.4 is 10.6 Å². The summed E-state index contributed by atoms with van der Waals surface area (Å²) in [7, 11) is 0. The van der Waals surface area contributed by atoms with Gasteiger partial charge >= 0.3 is 0 Å². The molecule has 27 heavy (non-hydrogen) atoms. The highest BCUT2D eigenvalue weighted by Crippen LogP contribution is 2.20. The number of carbonyl (C=O) groups is 1. The zero-order valence-electron chi connectivity index (χ0n) is 15.0. The average molecular weight is 482 g/mol. The topological polar surface area (TPSA) is 95.6 Å². The van der Waals surface area contributed by atoms with Crippen LogP contribution in [0.5, 0.6) is 0 Å². The molecular formula is C18H20FIN6O. The molecular weight excluding hydrogens is 462 g/mol. The molecule has 2 aromatic heterocycles. The molecule has 7 nitrogen and oxygen atoms in total. The number of hydrogen-bond donors (Lipinski definition) is 3. The van der Waals surface area contributed by atoms with Gasteiger partial charge in [-0.3, -0.25) is 9.89 Å². The summed E-state index contributed by atoms with van der Waals surface area (Å²) in [5.74, 6) is 0.461. The number of nitrogens with one attached hydrogen (secondary N) is 3. The van der Waals surface area contributed by atoms with Crippen molar-refractivity contribution in [1.82, 2.24) is 25.5 Å². The van der Waals surface area contributed by atoms with Gasteiger partial charge in [-0.05, 0) is 23.1 Å². The maximum atomic E-state index is 13.6. The highest BCUT2D eigenvalue weighted by atomic mass is 127. The molecule has 0 saturated carbocycles. The van der Waals surface area contributed by atoms with Gasteiger partial charge in [0.05, 0.1) is 0 Å². The summed E-state index contributed by atoms with van der Waals surface area (Å²) >= 11 is 2.11. The lowest BCUT2D eigenvalue weighted by atomic mass is 10.1. The number of benzene rings is 1. The van der Waals surface area contributed by atoms with Crippen molar-refractivity contribution in [2.45, 2.75) is 24.8 Å². The molecule has 0 saturated heterocycles. The van der Waals surface area contributed by atoms with Crippen LogP contribution in [-0.4, -0.2) is 32.6 Å². The fourth-order valence-corrected chi connectivity index (χ4v) is 3.12. The van der Waals surface area contributed by atoms with Gasteiger partial charge in [0.2, 0.25) is 0 Å². The SMILES string of the molecule is CC(C)CNc1n[nH]c2c(C(=O)NCc3ccc(F)c(CI)c3)ncnc12. The molecule has 3 N–H and O–H groups in total. The Balaban J connectivity index is 1.76. The molecule has 3 rings (SSSR count). The van der Waals surface area contributed by atoms with Gasteiger partial charge in [0.25, 0.3) is 5.91 Å². The first-order chi connectivity index (χ1) is 13.0. The monoisotopic (exact) mass is 482 g/mol. The van der Waals surface area contributed by atoms with E-state index in [0.29, 0.717) is 32.8 Å². The number of aromatic nitrogens is 4. The first kappa shape index (κ1) is 19.5. The lowest BCUT2D eigenvalue weighted by molar-refractivity contribution is 0.0947. The van der Waals surface area contributed by atoms with E-state index in [0.717, 1.165) is 12.1 Å². The van der Waals surface area contributed by atoms with Gasteiger partial charge in [0, 0.05) is 17.5 Å². The van der Waals surface area contributed by atoms with Gasteiger partial charge in [0.1, 0.15) is 23.2 Å². The molecule has 0 unspecified atom stereocenters. The van der Waals surface area contributed by atoms with E-state index in [9.17, 15) is 9.18 Å². The van der Waals surface area contributed by atoms with E-state index >= 15 is 0 Å². The summed E-state index contributed by atoms with van der Waals surface area (Å²) in [4.78, 5) is 20.9. The third kappa shape index (κ3) is 4.52. The fourth-order valence-electron chi connectivity index (χ4n) is 2.54. The zero-order valence-corrected chi connectivity index (χ0v) is 17.2. The Hall–Kier alpha value is -2.30. The number of halogens is 2. The number of carbonyl (C=O) groups excluding carboxylic acids is 1. The second kappa shape index (κ2) is 8.59. The van der Waals surface area contributed by atoms with Crippen molar-refractivity contribution in [3.8, 4) is 0 Å². The van der Waals surface area contributed by atoms with Gasteiger partial charge in [-0.2, -0.15) is 5.10 Å². The molecule has 0 spiro atoms. The minimum atomic E-state index is -0.346. The number of rotatable bonds is 7. The van der Waals surface area contributed by atoms with Crippen molar-refractivity contribution >= 4 is 45.3 Å². The Bertz CT molecular complexity index is 958. The van der Waals surface area contributed by atoms with Crippen LogP contribution >= 0.6 is 22.6 Å². The smallest absolute Gasteiger partial charge is 0.272 e. The summed E-state index contributed by atoms with van der Waals surface area (Å²) in [5.41, 5.74) is 2.71. The van der Waals surface area contributed by atoms with E-state index < -0.39 is 0 Å². The minimum absolute atomic E-state index is 0.223. The van der Waals surface area contributed by atoms with Crippen molar-refractivity contribution in [3.05, 3.63) is 47.2 Å². The molecule has 0 aliphatic carbocycles. The third-order valence-electron chi connectivity index (χ3n) is 3.95. The molecule has 1 aromatic carbocycles. The molecule has 3 aromatic rings. The summed E-state index contributed by atoms with van der Waals surface area (Å²) in [5, 5.41) is 13.1. The van der Waals surface area contributed by atoms with E-state index in [-0.39, 0.29) is 24.0 Å². The molecule has 0 atom stereocenters. The number of anilines is 1. The predicted molar refractivity (Wildman–Crippen MR) is 110 cm³/mol. The summed E-state index contributed by atoms with van der Waals surface area (Å²) < 4.78 is 14.2. The van der Waals surface area contributed by atoms with Crippen molar-refractivity contribution in [2.24, 2.45) is 5.92 Å². The first-order valence-corrected chi connectivity index (χ1v) is 10.1. The van der Waals surface area contributed by atoms with E-state index in [1.165, 1.54) is 12.4 Å². The van der Waals surface area contributed by atoms with E-state index in [4.69, 9.17) is 0 Å². The van der Waals surface area contributed by atoms with Crippen LogP contribution in [0.15, 0.2) is 24.5 Å². The van der Waals surface area contributed by atoms with Crippen LogP contribution in [0.25, 0.3) is 11.0 Å². The van der Waals surface area contributed by atoms with Crippen LogP contribution in [0.2, 0.25) is 0 Å². The highest BCUT2D eigenvalue weighted by molar-refractivity contribution is 14.1. The Morgan fingerprint density at radius 3 is 2.89 bits per heavy atom. The largest absolute Gasteiger partial charge is 0.367 e. The number of aromatic amines is 1. The van der Waals surface area contributed by atoms with Crippen molar-refractivity contribution < 1.29 is 9.18 Å². The average Bonchev–Trinajstić information content (AvgIpc) is 3.08. The van der Waals surface area contributed by atoms with Crippen LogP contribution in [0.3, 0.4) is 0 Å². The van der Waals surface area contributed by atoms with Gasteiger partial charge in [0.15, 0.2) is 11.5 Å². The molecule has 0 aliphatic heterocycles. The molecule has 1 amide bonds. The fraction of sp³-hybridized carbons (Fsp3) is 0.333. The molecule has 142 valence electrons. The maximum Gasteiger partial charge on any atom is 0.272 e. The van der Waals surface area contributed by atoms with Crippen molar-refractivity contribution in [1.29, 1.82) is 0 Å².